The first kappa shape index (κ1) is 22.9. The molecule has 1 aromatic carbocycles. The zero-order valence-corrected chi connectivity index (χ0v) is 18.8. The second-order valence-corrected chi connectivity index (χ2v) is 13.3. The Kier molecular flexibility index (Phi) is 9.08. The second-order valence-electron chi connectivity index (χ2n) is 8.57. The standard InChI is InChI=1S/C22H38O3Si/c1-9-10-21(25-26(7,8)22(3,4)5)14-11-18(2)24-17-19-12-15-20(23-6)16-13-19/h9,12-13,15-16,18,21H,1,10-11,14,17H2,2-8H3/t18?,21-/m1/s1. The highest BCUT2D eigenvalue weighted by Crippen LogP contribution is 2.38. The van der Waals surface area contributed by atoms with Crippen LogP contribution in [0.5, 0.6) is 5.75 Å². The average molecular weight is 379 g/mol. The molecule has 0 aliphatic carbocycles. The lowest BCUT2D eigenvalue weighted by Gasteiger charge is -2.39. The van der Waals surface area contributed by atoms with Gasteiger partial charge in [-0.15, -0.1) is 6.58 Å². The van der Waals surface area contributed by atoms with Crippen molar-refractivity contribution in [3.05, 3.63) is 42.5 Å². The number of rotatable bonds is 11. The maximum atomic E-state index is 6.58. The van der Waals surface area contributed by atoms with E-state index in [9.17, 15) is 0 Å². The smallest absolute Gasteiger partial charge is 0.192 e. The van der Waals surface area contributed by atoms with E-state index in [-0.39, 0.29) is 17.2 Å². The molecule has 3 nitrogen and oxygen atoms in total. The molecule has 0 aliphatic rings. The molecule has 1 unspecified atom stereocenters. The summed E-state index contributed by atoms with van der Waals surface area (Å²) in [5.41, 5.74) is 1.16. The van der Waals surface area contributed by atoms with Crippen molar-refractivity contribution in [1.29, 1.82) is 0 Å². The number of hydrogen-bond acceptors (Lipinski definition) is 3. The minimum absolute atomic E-state index is 0.201. The van der Waals surface area contributed by atoms with E-state index in [0.717, 1.165) is 30.6 Å². The van der Waals surface area contributed by atoms with Gasteiger partial charge in [0, 0.05) is 6.10 Å². The molecule has 4 heteroatoms. The monoisotopic (exact) mass is 378 g/mol. The van der Waals surface area contributed by atoms with Crippen molar-refractivity contribution < 1.29 is 13.9 Å². The molecule has 0 fully saturated rings. The summed E-state index contributed by atoms with van der Waals surface area (Å²) >= 11 is 0. The highest BCUT2D eigenvalue weighted by molar-refractivity contribution is 6.74. The quantitative estimate of drug-likeness (QED) is 0.332. The maximum absolute atomic E-state index is 6.58. The Balaban J connectivity index is 2.48. The third kappa shape index (κ3) is 7.64. The van der Waals surface area contributed by atoms with Crippen molar-refractivity contribution in [2.45, 2.75) is 83.9 Å². The first-order valence-corrected chi connectivity index (χ1v) is 12.5. The zero-order valence-electron chi connectivity index (χ0n) is 17.8. The van der Waals surface area contributed by atoms with Crippen molar-refractivity contribution in [3.8, 4) is 5.75 Å². The number of benzene rings is 1. The van der Waals surface area contributed by atoms with Crippen molar-refractivity contribution in [1.82, 2.24) is 0 Å². The van der Waals surface area contributed by atoms with Crippen LogP contribution in [-0.4, -0.2) is 27.6 Å². The van der Waals surface area contributed by atoms with E-state index in [1.807, 2.05) is 30.3 Å². The fourth-order valence-electron chi connectivity index (χ4n) is 2.47. The number of ether oxygens (including phenoxy) is 2. The SMILES string of the molecule is C=CC[C@H](CCC(C)OCc1ccc(OC)cc1)O[Si](C)(C)C(C)(C)C. The molecule has 0 amide bonds. The summed E-state index contributed by atoms with van der Waals surface area (Å²) in [5, 5.41) is 0.225. The van der Waals surface area contributed by atoms with Gasteiger partial charge in [-0.3, -0.25) is 0 Å². The fourth-order valence-corrected chi connectivity index (χ4v) is 3.87. The summed E-state index contributed by atoms with van der Waals surface area (Å²) in [7, 11) is -0.0782. The van der Waals surface area contributed by atoms with Gasteiger partial charge in [0.1, 0.15) is 5.75 Å². The first-order chi connectivity index (χ1) is 12.1. The van der Waals surface area contributed by atoms with Gasteiger partial charge in [0.05, 0.1) is 19.8 Å². The third-order valence-corrected chi connectivity index (χ3v) is 9.82. The number of hydrogen-bond donors (Lipinski definition) is 0. The van der Waals surface area contributed by atoms with Crippen LogP contribution in [0.3, 0.4) is 0 Å². The van der Waals surface area contributed by atoms with E-state index >= 15 is 0 Å². The van der Waals surface area contributed by atoms with Crippen molar-refractivity contribution in [2.24, 2.45) is 0 Å². The summed E-state index contributed by atoms with van der Waals surface area (Å²) in [6.07, 6.45) is 5.30. The molecular formula is C22H38O3Si. The van der Waals surface area contributed by atoms with Crippen molar-refractivity contribution in [2.75, 3.05) is 7.11 Å². The molecule has 0 N–H and O–H groups in total. The highest BCUT2D eigenvalue weighted by atomic mass is 28.4. The van der Waals surface area contributed by atoms with Crippen LogP contribution in [0.25, 0.3) is 0 Å². The molecule has 2 atom stereocenters. The van der Waals surface area contributed by atoms with Crippen LogP contribution in [0.2, 0.25) is 18.1 Å². The molecule has 0 aliphatic heterocycles. The Hall–Kier alpha value is -1.10. The van der Waals surface area contributed by atoms with E-state index in [1.165, 1.54) is 0 Å². The Labute approximate surface area is 161 Å². The van der Waals surface area contributed by atoms with E-state index < -0.39 is 8.32 Å². The Morgan fingerprint density at radius 1 is 1.12 bits per heavy atom. The molecule has 0 aromatic heterocycles. The van der Waals surface area contributed by atoms with Crippen LogP contribution < -0.4 is 4.74 Å². The summed E-state index contributed by atoms with van der Waals surface area (Å²) in [4.78, 5) is 0. The lowest BCUT2D eigenvalue weighted by Crippen LogP contribution is -2.44. The van der Waals surface area contributed by atoms with Crippen LogP contribution >= 0.6 is 0 Å². The fraction of sp³-hybridized carbons (Fsp3) is 0.636. The molecule has 0 saturated heterocycles. The van der Waals surface area contributed by atoms with Gasteiger partial charge in [-0.25, -0.2) is 0 Å². The molecule has 0 heterocycles. The Morgan fingerprint density at radius 2 is 1.73 bits per heavy atom. The molecular weight excluding hydrogens is 340 g/mol. The van der Waals surface area contributed by atoms with E-state index in [2.05, 4.69) is 47.4 Å². The summed E-state index contributed by atoms with van der Waals surface area (Å²) < 4.78 is 17.8. The Bertz CT molecular complexity index is 531. The van der Waals surface area contributed by atoms with Crippen molar-refractivity contribution >= 4 is 8.32 Å². The van der Waals surface area contributed by atoms with Crippen LogP contribution in [0.4, 0.5) is 0 Å². The first-order valence-electron chi connectivity index (χ1n) is 9.62. The largest absolute Gasteiger partial charge is 0.497 e. The topological polar surface area (TPSA) is 27.7 Å². The Morgan fingerprint density at radius 3 is 2.23 bits per heavy atom. The van der Waals surface area contributed by atoms with Crippen LogP contribution in [-0.2, 0) is 15.8 Å². The highest BCUT2D eigenvalue weighted by Gasteiger charge is 2.38. The number of methoxy groups -OCH3 is 1. The minimum atomic E-state index is -1.76. The van der Waals surface area contributed by atoms with E-state index in [4.69, 9.17) is 13.9 Å². The van der Waals surface area contributed by atoms with Gasteiger partial charge >= 0.3 is 0 Å². The lowest BCUT2D eigenvalue weighted by atomic mass is 10.1. The molecule has 0 spiro atoms. The maximum Gasteiger partial charge on any atom is 0.192 e. The zero-order chi connectivity index (χ0) is 19.8. The van der Waals surface area contributed by atoms with Gasteiger partial charge in [-0.05, 0) is 62.0 Å². The van der Waals surface area contributed by atoms with Gasteiger partial charge in [0.2, 0.25) is 0 Å². The summed E-state index contributed by atoms with van der Waals surface area (Å²) in [6, 6.07) is 8.03. The summed E-state index contributed by atoms with van der Waals surface area (Å²) in [5.74, 6) is 0.872. The van der Waals surface area contributed by atoms with Crippen molar-refractivity contribution in [3.63, 3.8) is 0 Å². The predicted octanol–water partition coefficient (Wildman–Crippen LogP) is 6.35. The van der Waals surface area contributed by atoms with Crippen LogP contribution in [0, 0.1) is 0 Å². The van der Waals surface area contributed by atoms with Gasteiger partial charge in [-0.1, -0.05) is 39.0 Å². The van der Waals surface area contributed by atoms with Gasteiger partial charge in [0.15, 0.2) is 8.32 Å². The molecule has 26 heavy (non-hydrogen) atoms. The molecule has 1 aromatic rings. The third-order valence-electron chi connectivity index (χ3n) is 5.29. The van der Waals surface area contributed by atoms with Crippen LogP contribution in [0.1, 0.15) is 52.5 Å². The van der Waals surface area contributed by atoms with Crippen LogP contribution in [0.15, 0.2) is 36.9 Å². The minimum Gasteiger partial charge on any atom is -0.497 e. The van der Waals surface area contributed by atoms with Gasteiger partial charge < -0.3 is 13.9 Å². The average Bonchev–Trinajstić information content (AvgIpc) is 2.57. The van der Waals surface area contributed by atoms with Gasteiger partial charge in [0.25, 0.3) is 0 Å². The molecule has 0 bridgehead atoms. The molecule has 148 valence electrons. The van der Waals surface area contributed by atoms with E-state index in [1.54, 1.807) is 7.11 Å². The molecule has 1 rings (SSSR count). The summed E-state index contributed by atoms with van der Waals surface area (Å²) in [6.45, 7) is 18.1. The van der Waals surface area contributed by atoms with Gasteiger partial charge in [-0.2, -0.15) is 0 Å². The predicted molar refractivity (Wildman–Crippen MR) is 113 cm³/mol. The second kappa shape index (κ2) is 10.3. The normalized spacial score (nSPS) is 14.7. The molecule has 0 radical (unpaired) electrons. The lowest BCUT2D eigenvalue weighted by molar-refractivity contribution is 0.0368. The van der Waals surface area contributed by atoms with E-state index in [0.29, 0.717) is 6.61 Å². The molecule has 0 saturated carbocycles.